The standard InChI is InChI=1S/C14H18N2O2/c1-14(2)9-12(16-3)11-5-4-10(17-7-6-15)8-13(11)18-14/h4-5,8,12,16H,7,9H2,1-3H3. The van der Waals surface area contributed by atoms with Crippen molar-refractivity contribution >= 4 is 0 Å². The van der Waals surface area contributed by atoms with Gasteiger partial charge < -0.3 is 14.8 Å². The van der Waals surface area contributed by atoms with Gasteiger partial charge in [-0.25, -0.2) is 0 Å². The number of hydrogen-bond donors (Lipinski definition) is 1. The molecule has 0 fully saturated rings. The van der Waals surface area contributed by atoms with Gasteiger partial charge in [0.05, 0.1) is 0 Å². The number of nitrogens with zero attached hydrogens (tertiary/aromatic N) is 1. The van der Waals surface area contributed by atoms with Crippen molar-refractivity contribution in [3.05, 3.63) is 23.8 Å². The zero-order valence-corrected chi connectivity index (χ0v) is 11.0. The molecule has 2 rings (SSSR count). The summed E-state index contributed by atoms with van der Waals surface area (Å²) in [4.78, 5) is 0. The molecule has 4 nitrogen and oxygen atoms in total. The van der Waals surface area contributed by atoms with Crippen molar-refractivity contribution in [2.24, 2.45) is 0 Å². The first-order chi connectivity index (χ1) is 8.55. The van der Waals surface area contributed by atoms with Gasteiger partial charge in [0.2, 0.25) is 0 Å². The monoisotopic (exact) mass is 246 g/mol. The Bertz CT molecular complexity index is 477. The molecule has 96 valence electrons. The highest BCUT2D eigenvalue weighted by Crippen LogP contribution is 2.40. The average molecular weight is 246 g/mol. The van der Waals surface area contributed by atoms with Crippen molar-refractivity contribution < 1.29 is 9.47 Å². The first-order valence-corrected chi connectivity index (χ1v) is 6.06. The van der Waals surface area contributed by atoms with Crippen LogP contribution in [0.15, 0.2) is 18.2 Å². The summed E-state index contributed by atoms with van der Waals surface area (Å²) in [6.07, 6.45) is 0.925. The van der Waals surface area contributed by atoms with E-state index in [1.165, 1.54) is 0 Å². The fraction of sp³-hybridized carbons (Fsp3) is 0.500. The van der Waals surface area contributed by atoms with Crippen LogP contribution < -0.4 is 14.8 Å². The van der Waals surface area contributed by atoms with E-state index < -0.39 is 0 Å². The second kappa shape index (κ2) is 4.87. The Balaban J connectivity index is 2.31. The van der Waals surface area contributed by atoms with Gasteiger partial charge in [-0.3, -0.25) is 0 Å². The Morgan fingerprint density at radius 1 is 1.56 bits per heavy atom. The molecule has 18 heavy (non-hydrogen) atoms. The SMILES string of the molecule is CNC1CC(C)(C)Oc2cc(OCC#N)ccc21. The van der Waals surface area contributed by atoms with Crippen LogP contribution in [0.4, 0.5) is 0 Å². The fourth-order valence-corrected chi connectivity index (χ4v) is 2.29. The normalized spacial score (nSPS) is 20.4. The summed E-state index contributed by atoms with van der Waals surface area (Å²) in [6.45, 7) is 4.20. The first-order valence-electron chi connectivity index (χ1n) is 6.06. The molecule has 4 heteroatoms. The zero-order valence-electron chi connectivity index (χ0n) is 11.0. The maximum absolute atomic E-state index is 8.51. The topological polar surface area (TPSA) is 54.3 Å². The molecule has 1 atom stereocenters. The predicted octanol–water partition coefficient (Wildman–Crippen LogP) is 2.41. The van der Waals surface area contributed by atoms with Crippen LogP contribution in [0, 0.1) is 11.3 Å². The van der Waals surface area contributed by atoms with E-state index in [-0.39, 0.29) is 18.2 Å². The summed E-state index contributed by atoms with van der Waals surface area (Å²) in [5.74, 6) is 1.50. The lowest BCUT2D eigenvalue weighted by molar-refractivity contribution is 0.0672. The Labute approximate surface area is 108 Å². The van der Waals surface area contributed by atoms with Gasteiger partial charge in [-0.1, -0.05) is 6.07 Å². The molecule has 0 aromatic heterocycles. The third kappa shape index (κ3) is 2.57. The van der Waals surface area contributed by atoms with E-state index in [0.717, 1.165) is 17.7 Å². The summed E-state index contributed by atoms with van der Waals surface area (Å²) in [5.41, 5.74) is 0.940. The van der Waals surface area contributed by atoms with E-state index in [9.17, 15) is 0 Å². The van der Waals surface area contributed by atoms with Crippen LogP contribution >= 0.6 is 0 Å². The number of fused-ring (bicyclic) bond motifs is 1. The largest absolute Gasteiger partial charge is 0.487 e. The molecule has 0 aliphatic carbocycles. The van der Waals surface area contributed by atoms with Gasteiger partial charge in [-0.2, -0.15) is 5.26 Å². The van der Waals surface area contributed by atoms with Crippen LogP contribution in [-0.4, -0.2) is 19.3 Å². The molecule has 1 N–H and O–H groups in total. The average Bonchev–Trinajstić information content (AvgIpc) is 2.33. The number of rotatable bonds is 3. The summed E-state index contributed by atoms with van der Waals surface area (Å²) in [6, 6.07) is 7.98. The number of nitriles is 1. The molecule has 1 aromatic carbocycles. The molecule has 1 unspecified atom stereocenters. The van der Waals surface area contributed by atoms with Gasteiger partial charge in [-0.15, -0.1) is 0 Å². The van der Waals surface area contributed by atoms with E-state index in [1.807, 2.05) is 31.3 Å². The molecule has 1 aliphatic rings. The number of benzene rings is 1. The number of hydrogen-bond acceptors (Lipinski definition) is 4. The Kier molecular flexibility index (Phi) is 3.44. The van der Waals surface area contributed by atoms with Gasteiger partial charge in [0, 0.05) is 24.1 Å². The maximum Gasteiger partial charge on any atom is 0.174 e. The Morgan fingerprint density at radius 3 is 3.00 bits per heavy atom. The third-order valence-corrected chi connectivity index (χ3v) is 3.09. The molecule has 1 aliphatic heterocycles. The smallest absolute Gasteiger partial charge is 0.174 e. The van der Waals surface area contributed by atoms with Crippen LogP contribution in [0.5, 0.6) is 11.5 Å². The van der Waals surface area contributed by atoms with Crippen molar-refractivity contribution in [2.45, 2.75) is 31.9 Å². The van der Waals surface area contributed by atoms with Crippen LogP contribution in [0.1, 0.15) is 31.9 Å². The Morgan fingerprint density at radius 2 is 2.33 bits per heavy atom. The molecule has 0 bridgehead atoms. The van der Waals surface area contributed by atoms with Crippen LogP contribution in [0.3, 0.4) is 0 Å². The fourth-order valence-electron chi connectivity index (χ4n) is 2.29. The van der Waals surface area contributed by atoms with E-state index in [2.05, 4.69) is 19.2 Å². The van der Waals surface area contributed by atoms with Crippen LogP contribution in [0.2, 0.25) is 0 Å². The third-order valence-electron chi connectivity index (χ3n) is 3.09. The van der Waals surface area contributed by atoms with E-state index >= 15 is 0 Å². The molecular formula is C14H18N2O2. The van der Waals surface area contributed by atoms with Crippen molar-refractivity contribution in [1.82, 2.24) is 5.32 Å². The quantitative estimate of drug-likeness (QED) is 0.889. The minimum absolute atomic E-state index is 0.0532. The molecule has 0 spiro atoms. The summed E-state index contributed by atoms with van der Waals surface area (Å²) in [5, 5.41) is 11.8. The molecule has 1 heterocycles. The molecule has 1 aromatic rings. The van der Waals surface area contributed by atoms with Gasteiger partial charge in [-0.05, 0) is 27.0 Å². The predicted molar refractivity (Wildman–Crippen MR) is 68.7 cm³/mol. The van der Waals surface area contributed by atoms with Gasteiger partial charge in [0.25, 0.3) is 0 Å². The minimum Gasteiger partial charge on any atom is -0.487 e. The van der Waals surface area contributed by atoms with Gasteiger partial charge >= 0.3 is 0 Å². The van der Waals surface area contributed by atoms with Crippen molar-refractivity contribution in [1.29, 1.82) is 5.26 Å². The number of ether oxygens (including phenoxy) is 2. The molecule has 0 saturated heterocycles. The summed E-state index contributed by atoms with van der Waals surface area (Å²) in [7, 11) is 1.95. The molecule has 0 amide bonds. The Hall–Kier alpha value is -1.73. The highest BCUT2D eigenvalue weighted by molar-refractivity contribution is 5.44. The lowest BCUT2D eigenvalue weighted by Crippen LogP contribution is -2.38. The lowest BCUT2D eigenvalue weighted by Gasteiger charge is -2.37. The molecule has 0 saturated carbocycles. The minimum atomic E-state index is -0.200. The van der Waals surface area contributed by atoms with E-state index in [4.69, 9.17) is 14.7 Å². The van der Waals surface area contributed by atoms with Crippen molar-refractivity contribution in [3.63, 3.8) is 0 Å². The van der Waals surface area contributed by atoms with Crippen LogP contribution in [0.25, 0.3) is 0 Å². The van der Waals surface area contributed by atoms with Gasteiger partial charge in [0.1, 0.15) is 23.2 Å². The van der Waals surface area contributed by atoms with E-state index in [0.29, 0.717) is 5.75 Å². The van der Waals surface area contributed by atoms with E-state index in [1.54, 1.807) is 0 Å². The summed E-state index contributed by atoms with van der Waals surface area (Å²) >= 11 is 0. The van der Waals surface area contributed by atoms with Gasteiger partial charge in [0.15, 0.2) is 6.61 Å². The van der Waals surface area contributed by atoms with Crippen molar-refractivity contribution in [2.75, 3.05) is 13.7 Å². The second-order valence-electron chi connectivity index (χ2n) is 5.05. The second-order valence-corrected chi connectivity index (χ2v) is 5.05. The maximum atomic E-state index is 8.51. The molecular weight excluding hydrogens is 228 g/mol. The van der Waals surface area contributed by atoms with Crippen molar-refractivity contribution in [3.8, 4) is 17.6 Å². The lowest BCUT2D eigenvalue weighted by atomic mass is 9.90. The first kappa shape index (κ1) is 12.7. The molecule has 0 radical (unpaired) electrons. The van der Waals surface area contributed by atoms with Crippen LogP contribution in [-0.2, 0) is 0 Å². The number of nitrogens with one attached hydrogen (secondary N) is 1. The zero-order chi connectivity index (χ0) is 13.2. The summed E-state index contributed by atoms with van der Waals surface area (Å²) < 4.78 is 11.3. The highest BCUT2D eigenvalue weighted by atomic mass is 16.5. The highest BCUT2D eigenvalue weighted by Gasteiger charge is 2.33.